The molecule has 2 atom stereocenters. The Balaban J connectivity index is 1.14. The third-order valence-electron chi connectivity index (χ3n) is 7.30. The third-order valence-corrected chi connectivity index (χ3v) is 7.30. The molecule has 0 unspecified atom stereocenters. The number of carbonyl (C=O) groups excluding carboxylic acids is 1. The lowest BCUT2D eigenvalue weighted by atomic mass is 9.87. The number of pyridine rings is 2. The number of fused-ring (bicyclic) bond motifs is 1. The number of hydrogen-bond donors (Lipinski definition) is 0. The molecule has 4 heterocycles. The molecule has 0 bridgehead atoms. The van der Waals surface area contributed by atoms with Gasteiger partial charge in [0.25, 0.3) is 0 Å². The van der Waals surface area contributed by atoms with Crippen LogP contribution in [0, 0.1) is 5.82 Å². The number of morpholine rings is 1. The van der Waals surface area contributed by atoms with Crippen LogP contribution in [0.25, 0.3) is 22.0 Å². The van der Waals surface area contributed by atoms with Crippen LogP contribution in [0.3, 0.4) is 0 Å². The number of likely N-dealkylation sites (tertiary alicyclic amines) is 1. The van der Waals surface area contributed by atoms with Crippen LogP contribution in [0.4, 0.5) is 8.78 Å². The average molecular weight is 465 g/mol. The SMILES string of the molecule is O=C1CO[C@]2(CCN(Cc3ncc(-c4ccc5cccnc5c4)cc3F)C[C@H]2F)CN1C1CC1. The van der Waals surface area contributed by atoms with Crippen LogP contribution < -0.4 is 0 Å². The number of carbonyl (C=O) groups is 1. The summed E-state index contributed by atoms with van der Waals surface area (Å²) in [4.78, 5) is 24.6. The Morgan fingerprint density at radius 2 is 2.03 bits per heavy atom. The van der Waals surface area contributed by atoms with E-state index in [9.17, 15) is 9.18 Å². The summed E-state index contributed by atoms with van der Waals surface area (Å²) in [5.74, 6) is -0.454. The molecule has 176 valence electrons. The molecule has 34 heavy (non-hydrogen) atoms. The van der Waals surface area contributed by atoms with Crippen LogP contribution in [0.1, 0.15) is 25.0 Å². The largest absolute Gasteiger partial charge is 0.360 e. The Morgan fingerprint density at radius 3 is 2.82 bits per heavy atom. The molecule has 2 saturated heterocycles. The Hall–Kier alpha value is -2.97. The first kappa shape index (κ1) is 21.6. The summed E-state index contributed by atoms with van der Waals surface area (Å²) in [6, 6.07) is 11.4. The van der Waals surface area contributed by atoms with E-state index < -0.39 is 17.6 Å². The Labute approximate surface area is 196 Å². The molecule has 1 saturated carbocycles. The number of benzene rings is 1. The van der Waals surface area contributed by atoms with Crippen molar-refractivity contribution in [1.29, 1.82) is 0 Å². The molecule has 1 spiro atoms. The van der Waals surface area contributed by atoms with E-state index >= 15 is 4.39 Å². The van der Waals surface area contributed by atoms with E-state index in [0.717, 1.165) is 29.3 Å². The molecule has 1 aliphatic carbocycles. The number of hydrogen-bond acceptors (Lipinski definition) is 5. The van der Waals surface area contributed by atoms with E-state index in [1.807, 2.05) is 35.2 Å². The number of piperidine rings is 1. The van der Waals surface area contributed by atoms with E-state index in [-0.39, 0.29) is 31.6 Å². The van der Waals surface area contributed by atoms with Crippen molar-refractivity contribution in [2.45, 2.75) is 43.6 Å². The molecular formula is C26H26F2N4O2. The third kappa shape index (κ3) is 3.95. The highest BCUT2D eigenvalue weighted by molar-refractivity contribution is 5.84. The molecule has 2 aliphatic heterocycles. The monoisotopic (exact) mass is 464 g/mol. The molecule has 1 aromatic carbocycles. The minimum atomic E-state index is -1.25. The fourth-order valence-corrected chi connectivity index (χ4v) is 5.10. The molecule has 1 amide bonds. The fourth-order valence-electron chi connectivity index (χ4n) is 5.10. The first-order valence-corrected chi connectivity index (χ1v) is 11.8. The second kappa shape index (κ2) is 8.36. The average Bonchev–Trinajstić information content (AvgIpc) is 3.69. The maximum absolute atomic E-state index is 15.4. The van der Waals surface area contributed by atoms with Crippen LogP contribution in [-0.4, -0.2) is 69.7 Å². The van der Waals surface area contributed by atoms with Gasteiger partial charge in [0.05, 0.1) is 17.8 Å². The topological polar surface area (TPSA) is 58.6 Å². The number of aromatic nitrogens is 2. The number of rotatable bonds is 4. The van der Waals surface area contributed by atoms with Gasteiger partial charge in [-0.05, 0) is 43.0 Å². The molecule has 0 radical (unpaired) electrons. The first-order valence-electron chi connectivity index (χ1n) is 11.8. The van der Waals surface area contributed by atoms with Crippen molar-refractivity contribution in [3.8, 4) is 11.1 Å². The minimum absolute atomic E-state index is 0.0451. The van der Waals surface area contributed by atoms with Gasteiger partial charge in [0.15, 0.2) is 0 Å². The minimum Gasteiger partial charge on any atom is -0.360 e. The van der Waals surface area contributed by atoms with Gasteiger partial charge in [0.2, 0.25) is 5.91 Å². The highest BCUT2D eigenvalue weighted by Gasteiger charge is 2.51. The Morgan fingerprint density at radius 1 is 1.15 bits per heavy atom. The van der Waals surface area contributed by atoms with Crippen molar-refractivity contribution in [3.63, 3.8) is 0 Å². The molecule has 2 aromatic heterocycles. The lowest BCUT2D eigenvalue weighted by Gasteiger charge is -2.48. The lowest BCUT2D eigenvalue weighted by molar-refractivity contribution is -0.189. The lowest BCUT2D eigenvalue weighted by Crippen LogP contribution is -2.64. The van der Waals surface area contributed by atoms with E-state index in [1.54, 1.807) is 17.3 Å². The quantitative estimate of drug-likeness (QED) is 0.589. The zero-order valence-electron chi connectivity index (χ0n) is 18.8. The predicted octanol–water partition coefficient (Wildman–Crippen LogP) is 3.74. The maximum Gasteiger partial charge on any atom is 0.248 e. The molecule has 0 N–H and O–H groups in total. The summed E-state index contributed by atoms with van der Waals surface area (Å²) in [5.41, 5.74) is 1.71. The van der Waals surface area contributed by atoms with Gasteiger partial charge in [-0.3, -0.25) is 19.7 Å². The van der Waals surface area contributed by atoms with E-state index in [1.165, 1.54) is 6.07 Å². The van der Waals surface area contributed by atoms with Crippen molar-refractivity contribution in [2.24, 2.45) is 0 Å². The highest BCUT2D eigenvalue weighted by Crippen LogP contribution is 2.38. The predicted molar refractivity (Wildman–Crippen MR) is 123 cm³/mol. The van der Waals surface area contributed by atoms with Crippen molar-refractivity contribution in [1.82, 2.24) is 19.8 Å². The highest BCUT2D eigenvalue weighted by atomic mass is 19.1. The van der Waals surface area contributed by atoms with Gasteiger partial charge in [-0.25, -0.2) is 8.78 Å². The van der Waals surface area contributed by atoms with Gasteiger partial charge in [0.1, 0.15) is 24.2 Å². The normalized spacial score (nSPS) is 25.9. The summed E-state index contributed by atoms with van der Waals surface area (Å²) in [6.45, 7) is 1.18. The molecule has 6 rings (SSSR count). The fraction of sp³-hybridized carbons (Fsp3) is 0.423. The van der Waals surface area contributed by atoms with E-state index in [0.29, 0.717) is 30.8 Å². The zero-order valence-corrected chi connectivity index (χ0v) is 18.8. The summed E-state index contributed by atoms with van der Waals surface area (Å²) in [6.07, 6.45) is 4.58. The van der Waals surface area contributed by atoms with Crippen molar-refractivity contribution >= 4 is 16.8 Å². The second-order valence-corrected chi connectivity index (χ2v) is 9.62. The summed E-state index contributed by atoms with van der Waals surface area (Å²) < 4.78 is 36.1. The van der Waals surface area contributed by atoms with Crippen LogP contribution in [0.2, 0.25) is 0 Å². The second-order valence-electron chi connectivity index (χ2n) is 9.62. The molecule has 6 nitrogen and oxygen atoms in total. The van der Waals surface area contributed by atoms with Crippen molar-refractivity contribution in [3.05, 3.63) is 60.3 Å². The van der Waals surface area contributed by atoms with E-state index in [4.69, 9.17) is 4.74 Å². The molecule has 3 aliphatic rings. The van der Waals surface area contributed by atoms with Gasteiger partial charge in [-0.2, -0.15) is 0 Å². The van der Waals surface area contributed by atoms with Gasteiger partial charge < -0.3 is 9.64 Å². The number of nitrogens with zero attached hydrogens (tertiary/aromatic N) is 4. The molecular weight excluding hydrogens is 438 g/mol. The maximum atomic E-state index is 15.4. The van der Waals surface area contributed by atoms with Gasteiger partial charge >= 0.3 is 0 Å². The first-order chi connectivity index (χ1) is 16.5. The smallest absolute Gasteiger partial charge is 0.248 e. The summed E-state index contributed by atoms with van der Waals surface area (Å²) >= 11 is 0. The number of alkyl halides is 1. The number of ether oxygens (including phenoxy) is 1. The summed E-state index contributed by atoms with van der Waals surface area (Å²) in [5, 5.41) is 1.02. The Kier molecular flexibility index (Phi) is 5.30. The molecule has 8 heteroatoms. The van der Waals surface area contributed by atoms with Crippen LogP contribution in [-0.2, 0) is 16.1 Å². The molecule has 3 aromatic rings. The van der Waals surface area contributed by atoms with E-state index in [2.05, 4.69) is 9.97 Å². The van der Waals surface area contributed by atoms with Crippen LogP contribution in [0.15, 0.2) is 48.8 Å². The van der Waals surface area contributed by atoms with Crippen LogP contribution >= 0.6 is 0 Å². The van der Waals surface area contributed by atoms with Gasteiger partial charge in [-0.1, -0.05) is 18.2 Å². The van der Waals surface area contributed by atoms with Crippen molar-refractivity contribution < 1.29 is 18.3 Å². The molecule has 3 fully saturated rings. The van der Waals surface area contributed by atoms with Gasteiger partial charge in [0, 0.05) is 49.0 Å². The van der Waals surface area contributed by atoms with Gasteiger partial charge in [-0.15, -0.1) is 0 Å². The Bertz CT molecular complexity index is 1250. The number of amides is 1. The zero-order chi connectivity index (χ0) is 23.3. The number of halogens is 2. The van der Waals surface area contributed by atoms with Crippen molar-refractivity contribution in [2.75, 3.05) is 26.2 Å². The van der Waals surface area contributed by atoms with Crippen LogP contribution in [0.5, 0.6) is 0 Å². The standard InChI is InChI=1S/C26H26F2N4O2/c27-21-10-19(18-4-3-17-2-1-8-29-22(17)11-18)12-30-23(21)13-31-9-7-26(24(28)14-31)16-32(20-5-6-20)25(33)15-34-26/h1-4,8,10-12,20,24H,5-7,9,13-16H2/t24-,26-/m1/s1. The summed E-state index contributed by atoms with van der Waals surface area (Å²) in [7, 11) is 0.